The van der Waals surface area contributed by atoms with E-state index in [2.05, 4.69) is 0 Å². The Balaban J connectivity index is 1.11. The number of hydrogen-bond donors (Lipinski definition) is 2. The van der Waals surface area contributed by atoms with Crippen molar-refractivity contribution in [3.05, 3.63) is 0 Å². The predicted molar refractivity (Wildman–Crippen MR) is 133 cm³/mol. The molecular weight excluding hydrogens is 591 g/mol. The van der Waals surface area contributed by atoms with Crippen LogP contribution in [0.15, 0.2) is 0 Å². The number of methoxy groups -OCH3 is 2. The van der Waals surface area contributed by atoms with Gasteiger partial charge in [0.15, 0.2) is 0 Å². The topological polar surface area (TPSA) is 185 Å². The minimum atomic E-state index is -4.84. The highest BCUT2D eigenvalue weighted by atomic mass is 31.2. The first kappa shape index (κ1) is 31.1. The second-order valence-electron chi connectivity index (χ2n) is 10.9. The molecule has 6 rings (SSSR count). The number of phosphoric acid groups is 2. The van der Waals surface area contributed by atoms with Gasteiger partial charge in [0.25, 0.3) is 0 Å². The van der Waals surface area contributed by atoms with Crippen LogP contribution in [0.3, 0.4) is 0 Å². The molecule has 41 heavy (non-hydrogen) atoms. The van der Waals surface area contributed by atoms with E-state index < -0.39 is 100 Å². The molecular formula is C20H29B3O16P2. The summed E-state index contributed by atoms with van der Waals surface area (Å²) in [4.78, 5) is 21.2. The van der Waals surface area contributed by atoms with Gasteiger partial charge in [0, 0.05) is 32.2 Å². The summed E-state index contributed by atoms with van der Waals surface area (Å²) >= 11 is 0. The van der Waals surface area contributed by atoms with Gasteiger partial charge in [-0.2, -0.15) is 0 Å². The van der Waals surface area contributed by atoms with Gasteiger partial charge in [0.2, 0.25) is 0 Å². The summed E-state index contributed by atoms with van der Waals surface area (Å²) in [5, 5.41) is 0. The van der Waals surface area contributed by atoms with Crippen molar-refractivity contribution >= 4 is 39.2 Å². The number of rotatable bonds is 13. The Kier molecular flexibility index (Phi) is 8.24. The Morgan fingerprint density at radius 3 is 1.41 bits per heavy atom. The van der Waals surface area contributed by atoms with E-state index in [1.54, 1.807) is 0 Å². The van der Waals surface area contributed by atoms with E-state index in [1.807, 2.05) is 0 Å². The van der Waals surface area contributed by atoms with Crippen molar-refractivity contribution in [2.24, 2.45) is 0 Å². The fourth-order valence-electron chi connectivity index (χ4n) is 6.35. The number of hydrogen-bond acceptors (Lipinski definition) is 14. The van der Waals surface area contributed by atoms with Crippen LogP contribution in [-0.2, 0) is 65.1 Å². The minimum Gasteiger partial charge on any atom is -0.381 e. The van der Waals surface area contributed by atoms with E-state index >= 15 is 0 Å². The Hall–Kier alpha value is 0.0948. The third kappa shape index (κ3) is 5.27. The lowest BCUT2D eigenvalue weighted by atomic mass is 9.92. The van der Waals surface area contributed by atoms with Crippen LogP contribution in [-0.4, -0.2) is 159 Å². The number of fused-ring (bicyclic) bond motifs is 6. The van der Waals surface area contributed by atoms with Gasteiger partial charge in [0.1, 0.15) is 77.0 Å². The maximum atomic E-state index is 13.1. The van der Waals surface area contributed by atoms with Crippen LogP contribution in [0.25, 0.3) is 0 Å². The first-order valence-corrected chi connectivity index (χ1v) is 15.8. The van der Waals surface area contributed by atoms with Gasteiger partial charge in [-0.05, 0) is 0 Å². The summed E-state index contributed by atoms with van der Waals surface area (Å²) in [5.74, 6) is 0. The molecule has 0 aromatic heterocycles. The normalized spacial score (nSPS) is 50.9. The third-order valence-electron chi connectivity index (χ3n) is 8.17. The molecule has 6 bridgehead atoms. The highest BCUT2D eigenvalue weighted by molar-refractivity contribution is 7.47. The smallest absolute Gasteiger partial charge is 0.381 e. The lowest BCUT2D eigenvalue weighted by Gasteiger charge is -2.33. The van der Waals surface area contributed by atoms with E-state index in [0.717, 1.165) is 0 Å². The van der Waals surface area contributed by atoms with E-state index in [4.69, 9.17) is 79.5 Å². The van der Waals surface area contributed by atoms with Crippen LogP contribution in [0.2, 0.25) is 0 Å². The molecule has 6 radical (unpaired) electrons. The van der Waals surface area contributed by atoms with Crippen LogP contribution < -0.4 is 0 Å². The summed E-state index contributed by atoms with van der Waals surface area (Å²) in [5.41, 5.74) is -4.09. The van der Waals surface area contributed by atoms with Gasteiger partial charge < -0.3 is 47.7 Å². The first-order valence-electron chi connectivity index (χ1n) is 12.8. The lowest BCUT2D eigenvalue weighted by molar-refractivity contribution is -0.145. The second-order valence-corrected chi connectivity index (χ2v) is 13.7. The molecule has 14 atom stereocenters. The van der Waals surface area contributed by atoms with Crippen LogP contribution in [0, 0.1) is 0 Å². The van der Waals surface area contributed by atoms with Crippen molar-refractivity contribution in [1.82, 2.24) is 0 Å². The standard InChI is InChI=1S/C20H29B3O16P2/c1-28-3-18-4-31-10(16(22)35-18)13(18)38-41(26,27)34-8-20-6-32-11(17(23)37-20)14(20)39-40(24,25)33-7-19-5-30-9(12(19)29-2)15(21)36-19/h9-17H,3-8H2,1-2H3,(H,24,25)(H,26,27)/t9?,10?,11?,12?,13?,14?,15-,16-,17-,18+,19-,20-/m1/s1. The van der Waals surface area contributed by atoms with Gasteiger partial charge in [-0.15, -0.1) is 0 Å². The van der Waals surface area contributed by atoms with E-state index in [-0.39, 0.29) is 26.4 Å². The highest BCUT2D eigenvalue weighted by Gasteiger charge is 2.66. The summed E-state index contributed by atoms with van der Waals surface area (Å²) in [6.07, 6.45) is -5.47. The fourth-order valence-corrected chi connectivity index (χ4v) is 8.43. The molecule has 0 saturated carbocycles. The van der Waals surface area contributed by atoms with Crippen molar-refractivity contribution in [3.63, 3.8) is 0 Å². The van der Waals surface area contributed by atoms with E-state index in [9.17, 15) is 18.9 Å². The molecule has 6 heterocycles. The van der Waals surface area contributed by atoms with Gasteiger partial charge in [-0.1, -0.05) is 0 Å². The third-order valence-corrected chi connectivity index (χ3v) is 10.1. The highest BCUT2D eigenvalue weighted by Crippen LogP contribution is 2.57. The Morgan fingerprint density at radius 2 is 1.05 bits per heavy atom. The Labute approximate surface area is 239 Å². The maximum Gasteiger partial charge on any atom is 0.472 e. The monoisotopic (exact) mass is 620 g/mol. The largest absolute Gasteiger partial charge is 0.472 e. The Morgan fingerprint density at radius 1 is 0.683 bits per heavy atom. The van der Waals surface area contributed by atoms with Crippen molar-refractivity contribution < 1.29 is 74.9 Å². The second kappa shape index (κ2) is 10.9. The van der Waals surface area contributed by atoms with Crippen molar-refractivity contribution in [2.45, 2.75) is 71.4 Å². The Bertz CT molecular complexity index is 1110. The molecule has 8 unspecified atom stereocenters. The molecule has 0 aromatic carbocycles. The molecule has 0 aliphatic carbocycles. The predicted octanol–water partition coefficient (Wildman–Crippen LogP) is -2.36. The molecule has 16 nitrogen and oxygen atoms in total. The van der Waals surface area contributed by atoms with Crippen molar-refractivity contribution in [3.8, 4) is 0 Å². The van der Waals surface area contributed by atoms with Gasteiger partial charge in [-0.3, -0.25) is 18.1 Å². The van der Waals surface area contributed by atoms with Crippen LogP contribution in [0.5, 0.6) is 0 Å². The van der Waals surface area contributed by atoms with Gasteiger partial charge in [0.05, 0.1) is 39.6 Å². The molecule has 0 amide bonds. The molecule has 6 aliphatic rings. The SMILES string of the molecule is [B][C@@H]1O[C@@]2(COP(=O)(O)OC3C4OC[C@]3(COP(=O)(O)OC3C5OC[C@]3(COC)O[C@H]5[B])O[C@H]4[B])COC1C2OC. The molecule has 0 aromatic rings. The molecule has 224 valence electrons. The van der Waals surface area contributed by atoms with E-state index in [0.29, 0.717) is 0 Å². The average molecular weight is 620 g/mol. The molecule has 2 N–H and O–H groups in total. The van der Waals surface area contributed by atoms with Crippen LogP contribution >= 0.6 is 15.6 Å². The molecule has 21 heteroatoms. The molecule has 6 fully saturated rings. The zero-order valence-corrected chi connectivity index (χ0v) is 24.0. The maximum absolute atomic E-state index is 13.1. The fraction of sp³-hybridized carbons (Fsp3) is 1.00. The van der Waals surface area contributed by atoms with Crippen LogP contribution in [0.1, 0.15) is 0 Å². The summed E-state index contributed by atoms with van der Waals surface area (Å²) in [6, 6.07) is -2.83. The molecule has 6 saturated heterocycles. The van der Waals surface area contributed by atoms with Gasteiger partial charge in [-0.25, -0.2) is 9.13 Å². The van der Waals surface area contributed by atoms with Crippen molar-refractivity contribution in [1.29, 1.82) is 0 Å². The lowest BCUT2D eigenvalue weighted by Crippen LogP contribution is -2.47. The van der Waals surface area contributed by atoms with Crippen molar-refractivity contribution in [2.75, 3.05) is 53.9 Å². The first-order chi connectivity index (χ1) is 19.3. The van der Waals surface area contributed by atoms with E-state index in [1.165, 1.54) is 14.2 Å². The minimum absolute atomic E-state index is 0.0167. The number of ether oxygens (including phenoxy) is 8. The summed E-state index contributed by atoms with van der Waals surface area (Å²) in [6.45, 7) is -1.32. The van der Waals surface area contributed by atoms with Crippen LogP contribution in [0.4, 0.5) is 0 Å². The molecule has 6 aliphatic heterocycles. The summed E-state index contributed by atoms with van der Waals surface area (Å²) in [7, 11) is 11.0. The quantitative estimate of drug-likeness (QED) is 0.165. The number of phosphoric ester groups is 2. The zero-order valence-electron chi connectivity index (χ0n) is 22.2. The molecule has 0 spiro atoms. The zero-order chi connectivity index (χ0) is 29.4. The average Bonchev–Trinajstić information content (AvgIpc) is 3.69. The van der Waals surface area contributed by atoms with Gasteiger partial charge >= 0.3 is 15.6 Å². The summed E-state index contributed by atoms with van der Waals surface area (Å²) < 4.78 is 91.9.